The molecule has 0 bridgehead atoms. The summed E-state index contributed by atoms with van der Waals surface area (Å²) in [5, 5.41) is 0. The van der Waals surface area contributed by atoms with E-state index in [-0.39, 0.29) is 5.82 Å². The average Bonchev–Trinajstić information content (AvgIpc) is 2.42. The van der Waals surface area contributed by atoms with E-state index in [1.54, 1.807) is 11.0 Å². The summed E-state index contributed by atoms with van der Waals surface area (Å²) in [5.74, 6) is 0.340. The highest BCUT2D eigenvalue weighted by Crippen LogP contribution is 2.26. The van der Waals surface area contributed by atoms with E-state index in [0.29, 0.717) is 29.0 Å². The van der Waals surface area contributed by atoms with Gasteiger partial charge in [-0.05, 0) is 47.8 Å². The number of rotatable bonds is 6. The summed E-state index contributed by atoms with van der Waals surface area (Å²) < 4.78 is 14.1. The summed E-state index contributed by atoms with van der Waals surface area (Å²) in [6, 6.07) is 3.09. The van der Waals surface area contributed by atoms with Gasteiger partial charge in [0, 0.05) is 19.0 Å². The standard InChI is InChI=1S/C15H20BrFN2O/c1-4-6-7-15(19(5-2)10-20)18-14-9-13(17)12(16)8-11(14)3/h8-10H,4-7H2,1-3H3. The number of halogens is 2. The number of hydrogen-bond donors (Lipinski definition) is 0. The van der Waals surface area contributed by atoms with Gasteiger partial charge >= 0.3 is 0 Å². The number of nitrogens with zero attached hydrogens (tertiary/aromatic N) is 2. The third kappa shape index (κ3) is 4.40. The van der Waals surface area contributed by atoms with E-state index in [4.69, 9.17) is 0 Å². The maximum Gasteiger partial charge on any atom is 0.215 e. The van der Waals surface area contributed by atoms with E-state index < -0.39 is 0 Å². The highest BCUT2D eigenvalue weighted by molar-refractivity contribution is 9.10. The molecule has 110 valence electrons. The monoisotopic (exact) mass is 342 g/mol. The molecule has 0 unspecified atom stereocenters. The Morgan fingerprint density at radius 3 is 2.70 bits per heavy atom. The number of benzene rings is 1. The van der Waals surface area contributed by atoms with Gasteiger partial charge in [-0.15, -0.1) is 0 Å². The van der Waals surface area contributed by atoms with Crippen molar-refractivity contribution in [1.82, 2.24) is 4.90 Å². The zero-order chi connectivity index (χ0) is 15.1. The lowest BCUT2D eigenvalue weighted by atomic mass is 10.2. The van der Waals surface area contributed by atoms with E-state index in [2.05, 4.69) is 27.8 Å². The molecule has 0 heterocycles. The van der Waals surface area contributed by atoms with Gasteiger partial charge < -0.3 is 4.90 Å². The summed E-state index contributed by atoms with van der Waals surface area (Å²) in [6.07, 6.45) is 3.45. The van der Waals surface area contributed by atoms with Crippen LogP contribution >= 0.6 is 15.9 Å². The lowest BCUT2D eigenvalue weighted by molar-refractivity contribution is -0.114. The summed E-state index contributed by atoms with van der Waals surface area (Å²) in [6.45, 7) is 6.41. The fraction of sp³-hybridized carbons (Fsp3) is 0.467. The first-order valence-electron chi connectivity index (χ1n) is 6.78. The van der Waals surface area contributed by atoms with Gasteiger partial charge in [0.25, 0.3) is 0 Å². The molecule has 1 aromatic carbocycles. The van der Waals surface area contributed by atoms with Gasteiger partial charge in [0.05, 0.1) is 10.2 Å². The zero-order valence-electron chi connectivity index (χ0n) is 12.1. The predicted molar refractivity (Wildman–Crippen MR) is 83.9 cm³/mol. The second kappa shape index (κ2) is 8.15. The Labute approximate surface area is 128 Å². The van der Waals surface area contributed by atoms with Gasteiger partial charge in [-0.1, -0.05) is 13.3 Å². The van der Waals surface area contributed by atoms with E-state index in [9.17, 15) is 9.18 Å². The molecule has 0 saturated heterocycles. The van der Waals surface area contributed by atoms with Crippen molar-refractivity contribution in [2.45, 2.75) is 40.0 Å². The summed E-state index contributed by atoms with van der Waals surface area (Å²) in [4.78, 5) is 17.2. The Hall–Kier alpha value is -1.23. The summed E-state index contributed by atoms with van der Waals surface area (Å²) in [5.41, 5.74) is 1.44. The molecule has 3 nitrogen and oxygen atoms in total. The highest BCUT2D eigenvalue weighted by Gasteiger charge is 2.11. The predicted octanol–water partition coefficient (Wildman–Crippen LogP) is 4.60. The van der Waals surface area contributed by atoms with Crippen molar-refractivity contribution in [3.8, 4) is 0 Å². The molecule has 0 N–H and O–H groups in total. The number of amides is 1. The molecule has 0 fully saturated rings. The van der Waals surface area contributed by atoms with E-state index in [1.165, 1.54) is 6.07 Å². The minimum absolute atomic E-state index is 0.349. The lowest BCUT2D eigenvalue weighted by Gasteiger charge is -2.18. The van der Waals surface area contributed by atoms with Gasteiger partial charge in [-0.2, -0.15) is 0 Å². The van der Waals surface area contributed by atoms with Crippen LogP contribution in [-0.4, -0.2) is 23.7 Å². The zero-order valence-corrected chi connectivity index (χ0v) is 13.7. The van der Waals surface area contributed by atoms with Crippen molar-refractivity contribution in [3.05, 3.63) is 28.0 Å². The smallest absolute Gasteiger partial charge is 0.215 e. The number of aryl methyl sites for hydroxylation is 1. The third-order valence-electron chi connectivity index (χ3n) is 3.04. The SMILES string of the molecule is CCCCC(=Nc1cc(F)c(Br)cc1C)N(C=O)CC. The molecule has 1 rings (SSSR count). The van der Waals surface area contributed by atoms with Gasteiger partial charge in [0.15, 0.2) is 0 Å². The number of hydrogen-bond acceptors (Lipinski definition) is 2. The fourth-order valence-electron chi connectivity index (χ4n) is 1.81. The molecule has 20 heavy (non-hydrogen) atoms. The number of amidine groups is 1. The van der Waals surface area contributed by atoms with E-state index in [1.807, 2.05) is 13.8 Å². The van der Waals surface area contributed by atoms with Crippen LogP contribution in [0, 0.1) is 12.7 Å². The van der Waals surface area contributed by atoms with Crippen LogP contribution in [-0.2, 0) is 4.79 Å². The number of carbonyl (C=O) groups is 1. The van der Waals surface area contributed by atoms with Crippen molar-refractivity contribution < 1.29 is 9.18 Å². The Morgan fingerprint density at radius 1 is 1.45 bits per heavy atom. The minimum atomic E-state index is -0.349. The number of unbranched alkanes of at least 4 members (excludes halogenated alkanes) is 1. The van der Waals surface area contributed by atoms with Crippen molar-refractivity contribution >= 4 is 33.9 Å². The van der Waals surface area contributed by atoms with Crippen LogP contribution in [0.4, 0.5) is 10.1 Å². The summed E-state index contributed by atoms with van der Waals surface area (Å²) >= 11 is 3.15. The molecule has 0 atom stereocenters. The summed E-state index contributed by atoms with van der Waals surface area (Å²) in [7, 11) is 0. The lowest BCUT2D eigenvalue weighted by Crippen LogP contribution is -2.29. The number of carbonyl (C=O) groups excluding carboxylic acids is 1. The minimum Gasteiger partial charge on any atom is -0.303 e. The molecule has 0 aliphatic rings. The largest absolute Gasteiger partial charge is 0.303 e. The van der Waals surface area contributed by atoms with E-state index >= 15 is 0 Å². The van der Waals surface area contributed by atoms with Crippen LogP contribution in [0.5, 0.6) is 0 Å². The maximum absolute atomic E-state index is 13.6. The molecule has 0 aliphatic carbocycles. The second-order valence-corrected chi connectivity index (χ2v) is 5.43. The molecule has 0 radical (unpaired) electrons. The van der Waals surface area contributed by atoms with Crippen LogP contribution in [0.3, 0.4) is 0 Å². The first-order valence-corrected chi connectivity index (χ1v) is 7.57. The van der Waals surface area contributed by atoms with Crippen molar-refractivity contribution in [2.75, 3.05) is 6.54 Å². The van der Waals surface area contributed by atoms with Gasteiger partial charge in [0.1, 0.15) is 11.7 Å². The molecular weight excluding hydrogens is 323 g/mol. The molecule has 5 heteroatoms. The van der Waals surface area contributed by atoms with Gasteiger partial charge in [-0.25, -0.2) is 9.38 Å². The van der Waals surface area contributed by atoms with Gasteiger partial charge in [-0.3, -0.25) is 4.79 Å². The average molecular weight is 343 g/mol. The topological polar surface area (TPSA) is 32.7 Å². The van der Waals surface area contributed by atoms with Crippen LogP contribution in [0.15, 0.2) is 21.6 Å². The molecule has 0 spiro atoms. The van der Waals surface area contributed by atoms with E-state index in [0.717, 1.165) is 24.8 Å². The maximum atomic E-state index is 13.6. The van der Waals surface area contributed by atoms with Crippen LogP contribution in [0.1, 0.15) is 38.7 Å². The Kier molecular flexibility index (Phi) is 6.85. The Balaban J connectivity index is 3.17. The molecule has 0 aliphatic heterocycles. The number of aliphatic imine (C=N–C) groups is 1. The van der Waals surface area contributed by atoms with Crippen molar-refractivity contribution in [3.63, 3.8) is 0 Å². The van der Waals surface area contributed by atoms with Crippen LogP contribution in [0.25, 0.3) is 0 Å². The molecular formula is C15H20BrFN2O. The first kappa shape index (κ1) is 16.8. The Bertz CT molecular complexity index is 503. The molecule has 0 saturated carbocycles. The molecule has 1 amide bonds. The third-order valence-corrected chi connectivity index (χ3v) is 3.65. The molecule has 1 aromatic rings. The van der Waals surface area contributed by atoms with Gasteiger partial charge in [0.2, 0.25) is 6.41 Å². The normalized spacial score (nSPS) is 11.6. The van der Waals surface area contributed by atoms with Crippen molar-refractivity contribution in [1.29, 1.82) is 0 Å². The fourth-order valence-corrected chi connectivity index (χ4v) is 2.27. The van der Waals surface area contributed by atoms with Crippen LogP contribution in [0.2, 0.25) is 0 Å². The van der Waals surface area contributed by atoms with Crippen molar-refractivity contribution in [2.24, 2.45) is 4.99 Å². The quantitative estimate of drug-likeness (QED) is 0.422. The van der Waals surface area contributed by atoms with Crippen LogP contribution < -0.4 is 0 Å². The highest BCUT2D eigenvalue weighted by atomic mass is 79.9. The molecule has 0 aromatic heterocycles. The Morgan fingerprint density at radius 2 is 2.15 bits per heavy atom. The second-order valence-electron chi connectivity index (χ2n) is 4.58. The first-order chi connectivity index (χ1) is 9.53.